The summed E-state index contributed by atoms with van der Waals surface area (Å²) in [4.78, 5) is 25.5. The fourth-order valence-electron chi connectivity index (χ4n) is 1.82. The predicted molar refractivity (Wildman–Crippen MR) is 90.6 cm³/mol. The third-order valence-corrected chi connectivity index (χ3v) is 3.47. The summed E-state index contributed by atoms with van der Waals surface area (Å²) < 4.78 is 5.17. The highest BCUT2D eigenvalue weighted by Crippen LogP contribution is 2.27. The zero-order valence-corrected chi connectivity index (χ0v) is 14.1. The summed E-state index contributed by atoms with van der Waals surface area (Å²) in [6, 6.07) is 4.44. The number of nitrogens with one attached hydrogen (secondary N) is 2. The standard InChI is InChI=1S/C16H20ClN3O3/c1-5-8-18-16(22)11(2)20(3)10-15(21)19-13-9-12(17)6-7-14(13)23-4/h1,6-7,9,11H,8,10H2,2-4H3,(H,18,22)(H,19,21). The molecule has 0 saturated carbocycles. The van der Waals surface area contributed by atoms with Crippen LogP contribution < -0.4 is 15.4 Å². The molecule has 124 valence electrons. The van der Waals surface area contributed by atoms with E-state index in [1.165, 1.54) is 7.11 Å². The number of hydrogen-bond donors (Lipinski definition) is 2. The maximum Gasteiger partial charge on any atom is 0.238 e. The van der Waals surface area contributed by atoms with Crippen LogP contribution in [0.25, 0.3) is 0 Å². The average molecular weight is 338 g/mol. The van der Waals surface area contributed by atoms with Crippen LogP contribution >= 0.6 is 11.6 Å². The molecule has 1 aromatic rings. The molecular formula is C16H20ClN3O3. The van der Waals surface area contributed by atoms with Gasteiger partial charge in [0, 0.05) is 5.02 Å². The number of anilines is 1. The predicted octanol–water partition coefficient (Wildman–Crippen LogP) is 1.36. The molecule has 0 aromatic heterocycles. The molecule has 1 rings (SSSR count). The number of nitrogens with zero attached hydrogens (tertiary/aromatic N) is 1. The number of likely N-dealkylation sites (N-methyl/N-ethyl adjacent to an activating group) is 1. The minimum Gasteiger partial charge on any atom is -0.495 e. The van der Waals surface area contributed by atoms with Crippen molar-refractivity contribution >= 4 is 29.1 Å². The smallest absolute Gasteiger partial charge is 0.238 e. The van der Waals surface area contributed by atoms with E-state index in [0.717, 1.165) is 0 Å². The molecule has 1 aromatic carbocycles. The lowest BCUT2D eigenvalue weighted by atomic mass is 10.2. The van der Waals surface area contributed by atoms with Gasteiger partial charge in [0.25, 0.3) is 0 Å². The zero-order chi connectivity index (χ0) is 17.4. The van der Waals surface area contributed by atoms with Gasteiger partial charge in [-0.3, -0.25) is 14.5 Å². The highest BCUT2D eigenvalue weighted by molar-refractivity contribution is 6.31. The van der Waals surface area contributed by atoms with Crippen LogP contribution in [-0.2, 0) is 9.59 Å². The first-order valence-corrected chi connectivity index (χ1v) is 7.31. The van der Waals surface area contributed by atoms with Crippen molar-refractivity contribution in [2.24, 2.45) is 0 Å². The van der Waals surface area contributed by atoms with Gasteiger partial charge < -0.3 is 15.4 Å². The second kappa shape index (κ2) is 9.03. The minimum absolute atomic E-state index is 0.0281. The number of terminal acetylenes is 1. The summed E-state index contributed by atoms with van der Waals surface area (Å²) in [5.74, 6) is 2.31. The molecule has 1 unspecified atom stereocenters. The molecule has 0 fully saturated rings. The fourth-order valence-corrected chi connectivity index (χ4v) is 1.99. The van der Waals surface area contributed by atoms with Crippen molar-refractivity contribution in [3.05, 3.63) is 23.2 Å². The molecule has 0 aliphatic rings. The Morgan fingerprint density at radius 3 is 2.78 bits per heavy atom. The molecule has 0 bridgehead atoms. The van der Waals surface area contributed by atoms with Gasteiger partial charge in [-0.2, -0.15) is 0 Å². The van der Waals surface area contributed by atoms with Crippen molar-refractivity contribution in [1.82, 2.24) is 10.2 Å². The van der Waals surface area contributed by atoms with Crippen LogP contribution in [0.15, 0.2) is 18.2 Å². The normalized spacial score (nSPS) is 11.5. The Labute approximate surface area is 141 Å². The third-order valence-electron chi connectivity index (χ3n) is 3.23. The summed E-state index contributed by atoms with van der Waals surface area (Å²) in [6.07, 6.45) is 5.09. The number of rotatable bonds is 7. The SMILES string of the molecule is C#CCNC(=O)C(C)N(C)CC(=O)Nc1cc(Cl)ccc1OC. The number of carbonyl (C=O) groups is 2. The number of hydrogen-bond acceptors (Lipinski definition) is 4. The van der Waals surface area contributed by atoms with Crippen molar-refractivity contribution < 1.29 is 14.3 Å². The van der Waals surface area contributed by atoms with E-state index in [2.05, 4.69) is 16.6 Å². The maximum absolute atomic E-state index is 12.1. The second-order valence-electron chi connectivity index (χ2n) is 4.91. The van der Waals surface area contributed by atoms with Crippen molar-refractivity contribution in [2.75, 3.05) is 32.6 Å². The molecule has 0 saturated heterocycles. The van der Waals surface area contributed by atoms with E-state index in [0.29, 0.717) is 16.5 Å². The summed E-state index contributed by atoms with van der Waals surface area (Å²) >= 11 is 5.92. The van der Waals surface area contributed by atoms with Gasteiger partial charge in [0.05, 0.1) is 31.9 Å². The van der Waals surface area contributed by atoms with Crippen LogP contribution in [0.5, 0.6) is 5.75 Å². The number of amides is 2. The Morgan fingerprint density at radius 2 is 2.17 bits per heavy atom. The topological polar surface area (TPSA) is 70.7 Å². The van der Waals surface area contributed by atoms with Crippen molar-refractivity contribution in [3.8, 4) is 18.1 Å². The third kappa shape index (κ3) is 5.81. The molecule has 0 radical (unpaired) electrons. The van der Waals surface area contributed by atoms with Crippen LogP contribution in [0, 0.1) is 12.3 Å². The number of methoxy groups -OCH3 is 1. The lowest BCUT2D eigenvalue weighted by Crippen LogP contribution is -2.46. The largest absolute Gasteiger partial charge is 0.495 e. The van der Waals surface area contributed by atoms with Crippen molar-refractivity contribution in [3.63, 3.8) is 0 Å². The van der Waals surface area contributed by atoms with Crippen LogP contribution in [0.4, 0.5) is 5.69 Å². The summed E-state index contributed by atoms with van der Waals surface area (Å²) in [7, 11) is 3.18. The van der Waals surface area contributed by atoms with E-state index in [-0.39, 0.29) is 24.9 Å². The number of ether oxygens (including phenoxy) is 1. The lowest BCUT2D eigenvalue weighted by molar-refractivity contribution is -0.126. The monoisotopic (exact) mass is 337 g/mol. The van der Waals surface area contributed by atoms with Gasteiger partial charge in [-0.05, 0) is 32.2 Å². The highest BCUT2D eigenvalue weighted by atomic mass is 35.5. The number of benzene rings is 1. The first-order valence-electron chi connectivity index (χ1n) is 6.93. The Hall–Kier alpha value is -2.23. The molecule has 2 N–H and O–H groups in total. The minimum atomic E-state index is -0.490. The van der Waals surface area contributed by atoms with Crippen molar-refractivity contribution in [1.29, 1.82) is 0 Å². The molecule has 2 amide bonds. The van der Waals surface area contributed by atoms with Crippen LogP contribution in [0.2, 0.25) is 5.02 Å². The van der Waals surface area contributed by atoms with Gasteiger partial charge in [-0.15, -0.1) is 6.42 Å². The molecule has 0 aliphatic carbocycles. The molecule has 0 spiro atoms. The molecule has 1 atom stereocenters. The zero-order valence-electron chi connectivity index (χ0n) is 13.4. The van der Waals surface area contributed by atoms with Gasteiger partial charge in [-0.1, -0.05) is 17.5 Å². The van der Waals surface area contributed by atoms with Gasteiger partial charge in [0.15, 0.2) is 0 Å². The van der Waals surface area contributed by atoms with Gasteiger partial charge >= 0.3 is 0 Å². The van der Waals surface area contributed by atoms with Gasteiger partial charge in [-0.25, -0.2) is 0 Å². The molecule has 7 heteroatoms. The molecule has 23 heavy (non-hydrogen) atoms. The summed E-state index contributed by atoms with van der Waals surface area (Å²) in [6.45, 7) is 1.88. The molecule has 0 heterocycles. The van der Waals surface area contributed by atoms with E-state index in [4.69, 9.17) is 22.8 Å². The Kier molecular flexibility index (Phi) is 7.39. The number of carbonyl (C=O) groups excluding carboxylic acids is 2. The molecule has 6 nitrogen and oxygen atoms in total. The molecule has 0 aliphatic heterocycles. The number of halogens is 1. The van der Waals surface area contributed by atoms with E-state index in [9.17, 15) is 9.59 Å². The Bertz CT molecular complexity index is 613. The van der Waals surface area contributed by atoms with Gasteiger partial charge in [0.2, 0.25) is 11.8 Å². The maximum atomic E-state index is 12.1. The lowest BCUT2D eigenvalue weighted by Gasteiger charge is -2.23. The van der Waals surface area contributed by atoms with E-state index < -0.39 is 6.04 Å². The van der Waals surface area contributed by atoms with E-state index in [1.54, 1.807) is 37.1 Å². The van der Waals surface area contributed by atoms with Gasteiger partial charge in [0.1, 0.15) is 5.75 Å². The highest BCUT2D eigenvalue weighted by Gasteiger charge is 2.20. The summed E-state index contributed by atoms with van der Waals surface area (Å²) in [5.41, 5.74) is 0.475. The Balaban J connectivity index is 2.64. The van der Waals surface area contributed by atoms with Crippen LogP contribution in [0.3, 0.4) is 0 Å². The molecular weight excluding hydrogens is 318 g/mol. The van der Waals surface area contributed by atoms with Crippen LogP contribution in [0.1, 0.15) is 6.92 Å². The first kappa shape index (κ1) is 18.8. The quantitative estimate of drug-likeness (QED) is 0.737. The summed E-state index contributed by atoms with van der Waals surface area (Å²) in [5, 5.41) is 5.77. The first-order chi connectivity index (χ1) is 10.9. The van der Waals surface area contributed by atoms with E-state index in [1.807, 2.05) is 0 Å². The van der Waals surface area contributed by atoms with E-state index >= 15 is 0 Å². The van der Waals surface area contributed by atoms with Crippen molar-refractivity contribution in [2.45, 2.75) is 13.0 Å². The fraction of sp³-hybridized carbons (Fsp3) is 0.375. The average Bonchev–Trinajstić information content (AvgIpc) is 2.51. The Morgan fingerprint density at radius 1 is 1.48 bits per heavy atom. The van der Waals surface area contributed by atoms with Crippen LogP contribution in [-0.4, -0.2) is 50.0 Å². The second-order valence-corrected chi connectivity index (χ2v) is 5.34.